The van der Waals surface area contributed by atoms with Gasteiger partial charge in [-0.25, -0.2) is 0 Å². The highest BCUT2D eigenvalue weighted by molar-refractivity contribution is 5.41. The predicted octanol–water partition coefficient (Wildman–Crippen LogP) is 7.86. The maximum Gasteiger partial charge on any atom is 0.0314 e. The molecule has 0 amide bonds. The van der Waals surface area contributed by atoms with Gasteiger partial charge in [0, 0.05) is 11.4 Å². The summed E-state index contributed by atoms with van der Waals surface area (Å²) >= 11 is 0. The molecule has 0 unspecified atom stereocenters. The molecule has 0 radical (unpaired) electrons. The van der Waals surface area contributed by atoms with Crippen molar-refractivity contribution in [2.24, 2.45) is 0 Å². The van der Waals surface area contributed by atoms with Gasteiger partial charge in [0.15, 0.2) is 0 Å². The summed E-state index contributed by atoms with van der Waals surface area (Å²) in [7, 11) is 0. The standard InChI is InChI=1S/C21H21N.C8H11N.2CH4/c1-16-2-4-17(5-3-16)14-18-6-8-19(9-7-18)15-20-10-12-21(22)13-11-20;1-2-7-3-5-8(9)6-4-7;;/h2-13H,14-15,22H2,1H3;3-6H,2,9H2,1H3;2*1H4. The number of nitrogens with two attached hydrogens (primary N) is 2. The number of benzene rings is 4. The van der Waals surface area contributed by atoms with E-state index in [2.05, 4.69) is 86.6 Å². The third kappa shape index (κ3) is 9.24. The molecule has 4 rings (SSSR count). The summed E-state index contributed by atoms with van der Waals surface area (Å²) in [4.78, 5) is 0. The Kier molecular flexibility index (Phi) is 11.5. The number of rotatable bonds is 5. The number of nitrogen functional groups attached to an aromatic ring is 2. The molecule has 0 aromatic heterocycles. The highest BCUT2D eigenvalue weighted by Crippen LogP contribution is 2.15. The van der Waals surface area contributed by atoms with Crippen molar-refractivity contribution in [3.05, 3.63) is 130 Å². The molecule has 2 nitrogen and oxygen atoms in total. The average molecular weight is 441 g/mol. The number of hydrogen-bond donors (Lipinski definition) is 2. The quantitative estimate of drug-likeness (QED) is 0.310. The van der Waals surface area contributed by atoms with Gasteiger partial charge in [0.2, 0.25) is 0 Å². The minimum Gasteiger partial charge on any atom is -0.399 e. The van der Waals surface area contributed by atoms with Crippen LogP contribution in [-0.2, 0) is 19.3 Å². The zero-order valence-electron chi connectivity index (χ0n) is 18.5. The minimum absolute atomic E-state index is 0. The van der Waals surface area contributed by atoms with Crippen LogP contribution in [-0.4, -0.2) is 0 Å². The van der Waals surface area contributed by atoms with E-state index in [-0.39, 0.29) is 14.9 Å². The van der Waals surface area contributed by atoms with Gasteiger partial charge in [-0.3, -0.25) is 0 Å². The van der Waals surface area contributed by atoms with Crippen molar-refractivity contribution < 1.29 is 0 Å². The van der Waals surface area contributed by atoms with Crippen LogP contribution in [0, 0.1) is 6.92 Å². The summed E-state index contributed by atoms with van der Waals surface area (Å²) < 4.78 is 0. The van der Waals surface area contributed by atoms with Crippen molar-refractivity contribution >= 4 is 11.4 Å². The smallest absolute Gasteiger partial charge is 0.0314 e. The van der Waals surface area contributed by atoms with Crippen LogP contribution in [0.4, 0.5) is 11.4 Å². The number of aryl methyl sites for hydroxylation is 2. The Morgan fingerprint density at radius 1 is 0.455 bits per heavy atom. The zero-order valence-corrected chi connectivity index (χ0v) is 18.5. The van der Waals surface area contributed by atoms with Gasteiger partial charge in [-0.2, -0.15) is 0 Å². The van der Waals surface area contributed by atoms with Gasteiger partial charge in [0.05, 0.1) is 0 Å². The molecular formula is C31H40N2. The molecule has 4 aromatic rings. The second kappa shape index (κ2) is 13.8. The normalized spacial score (nSPS) is 9.64. The monoisotopic (exact) mass is 440 g/mol. The van der Waals surface area contributed by atoms with E-state index in [1.807, 2.05) is 24.3 Å². The van der Waals surface area contributed by atoms with Crippen molar-refractivity contribution in [3.8, 4) is 0 Å². The van der Waals surface area contributed by atoms with Crippen molar-refractivity contribution in [3.63, 3.8) is 0 Å². The summed E-state index contributed by atoms with van der Waals surface area (Å²) in [6.07, 6.45) is 3.02. The lowest BCUT2D eigenvalue weighted by atomic mass is 10.00. The van der Waals surface area contributed by atoms with Gasteiger partial charge in [0.25, 0.3) is 0 Å². The molecule has 2 heteroatoms. The lowest BCUT2D eigenvalue weighted by Gasteiger charge is -2.06. The van der Waals surface area contributed by atoms with Crippen molar-refractivity contribution in [2.75, 3.05) is 11.5 Å². The van der Waals surface area contributed by atoms with E-state index in [1.165, 1.54) is 33.4 Å². The lowest BCUT2D eigenvalue weighted by Crippen LogP contribution is -1.92. The molecule has 0 saturated heterocycles. The van der Waals surface area contributed by atoms with Gasteiger partial charge < -0.3 is 11.5 Å². The van der Waals surface area contributed by atoms with Gasteiger partial charge in [-0.1, -0.05) is 100 Å². The van der Waals surface area contributed by atoms with Crippen LogP contribution < -0.4 is 11.5 Å². The third-order valence-corrected chi connectivity index (χ3v) is 5.33. The Bertz CT molecular complexity index is 979. The van der Waals surface area contributed by atoms with Gasteiger partial charge in [-0.15, -0.1) is 0 Å². The molecule has 0 aliphatic heterocycles. The Morgan fingerprint density at radius 3 is 1.06 bits per heavy atom. The summed E-state index contributed by atoms with van der Waals surface area (Å²) in [6, 6.07) is 33.7. The van der Waals surface area contributed by atoms with Crippen LogP contribution in [0.2, 0.25) is 0 Å². The molecular weight excluding hydrogens is 400 g/mol. The van der Waals surface area contributed by atoms with E-state index in [4.69, 9.17) is 11.5 Å². The summed E-state index contributed by atoms with van der Waals surface area (Å²) in [6.45, 7) is 4.25. The first kappa shape index (κ1) is 27.5. The van der Waals surface area contributed by atoms with Crippen LogP contribution in [0.25, 0.3) is 0 Å². The van der Waals surface area contributed by atoms with Crippen molar-refractivity contribution in [1.29, 1.82) is 0 Å². The van der Waals surface area contributed by atoms with Gasteiger partial charge in [-0.05, 0) is 78.3 Å². The molecule has 4 N–H and O–H groups in total. The van der Waals surface area contributed by atoms with Crippen molar-refractivity contribution in [2.45, 2.75) is 48.0 Å². The lowest BCUT2D eigenvalue weighted by molar-refractivity contribution is 1.14. The molecule has 0 spiro atoms. The first-order chi connectivity index (χ1) is 15.0. The fraction of sp³-hybridized carbons (Fsp3) is 0.226. The Morgan fingerprint density at radius 2 is 0.727 bits per heavy atom. The molecule has 4 aromatic carbocycles. The Balaban J connectivity index is 0.000000422. The first-order valence-electron chi connectivity index (χ1n) is 10.8. The van der Waals surface area contributed by atoms with E-state index in [0.717, 1.165) is 30.6 Å². The fourth-order valence-corrected chi connectivity index (χ4v) is 3.34. The summed E-state index contributed by atoms with van der Waals surface area (Å²) in [5.74, 6) is 0. The van der Waals surface area contributed by atoms with Crippen LogP contribution in [0.15, 0.2) is 97.1 Å². The molecule has 0 aliphatic carbocycles. The highest BCUT2D eigenvalue weighted by atomic mass is 14.5. The molecule has 0 saturated carbocycles. The second-order valence-electron chi connectivity index (χ2n) is 7.99. The summed E-state index contributed by atoms with van der Waals surface area (Å²) in [5.41, 5.74) is 20.8. The van der Waals surface area contributed by atoms with E-state index >= 15 is 0 Å². The van der Waals surface area contributed by atoms with Crippen LogP contribution in [0.1, 0.15) is 55.2 Å². The molecule has 0 aliphatic rings. The molecule has 0 heterocycles. The number of anilines is 2. The molecule has 0 fully saturated rings. The fourth-order valence-electron chi connectivity index (χ4n) is 3.34. The molecule has 174 valence electrons. The van der Waals surface area contributed by atoms with E-state index in [9.17, 15) is 0 Å². The van der Waals surface area contributed by atoms with Crippen LogP contribution >= 0.6 is 0 Å². The minimum atomic E-state index is 0. The highest BCUT2D eigenvalue weighted by Gasteiger charge is 1.99. The second-order valence-corrected chi connectivity index (χ2v) is 7.99. The van der Waals surface area contributed by atoms with Crippen LogP contribution in [0.3, 0.4) is 0 Å². The van der Waals surface area contributed by atoms with E-state index in [0.29, 0.717) is 0 Å². The van der Waals surface area contributed by atoms with Gasteiger partial charge >= 0.3 is 0 Å². The van der Waals surface area contributed by atoms with E-state index < -0.39 is 0 Å². The summed E-state index contributed by atoms with van der Waals surface area (Å²) in [5, 5.41) is 0. The SMILES string of the molecule is C.C.CCc1ccc(N)cc1.Cc1ccc(Cc2ccc(Cc3ccc(N)cc3)cc2)cc1. The average Bonchev–Trinajstić information content (AvgIpc) is 2.79. The maximum absolute atomic E-state index is 5.72. The third-order valence-electron chi connectivity index (χ3n) is 5.33. The topological polar surface area (TPSA) is 52.0 Å². The molecule has 0 bridgehead atoms. The molecule has 33 heavy (non-hydrogen) atoms. The molecule has 0 atom stereocenters. The van der Waals surface area contributed by atoms with Crippen molar-refractivity contribution in [1.82, 2.24) is 0 Å². The Hall–Kier alpha value is -3.52. The maximum atomic E-state index is 5.72. The van der Waals surface area contributed by atoms with Crippen LogP contribution in [0.5, 0.6) is 0 Å². The predicted molar refractivity (Wildman–Crippen MR) is 148 cm³/mol. The van der Waals surface area contributed by atoms with Gasteiger partial charge in [0.1, 0.15) is 0 Å². The van der Waals surface area contributed by atoms with E-state index in [1.54, 1.807) is 0 Å². The first-order valence-corrected chi connectivity index (χ1v) is 10.8. The Labute approximate surface area is 201 Å². The largest absolute Gasteiger partial charge is 0.399 e. The number of hydrogen-bond acceptors (Lipinski definition) is 2. The zero-order chi connectivity index (χ0) is 22.1.